The number of carbonyl (C=O) groups is 1. The first-order valence-electron chi connectivity index (χ1n) is 5.07. The van der Waals surface area contributed by atoms with Gasteiger partial charge in [0.15, 0.2) is 0 Å². The molecule has 0 aliphatic carbocycles. The van der Waals surface area contributed by atoms with E-state index in [1.165, 1.54) is 0 Å². The maximum absolute atomic E-state index is 11.1. The first kappa shape index (κ1) is 13.2. The van der Waals surface area contributed by atoms with Crippen LogP contribution in [0.5, 0.6) is 0 Å². The molecule has 0 radical (unpaired) electrons. The van der Waals surface area contributed by atoms with E-state index in [-0.39, 0.29) is 6.09 Å². The van der Waals surface area contributed by atoms with Gasteiger partial charge in [0.2, 0.25) is 0 Å². The summed E-state index contributed by atoms with van der Waals surface area (Å²) in [6.07, 6.45) is 1.70. The predicted molar refractivity (Wildman–Crippen MR) is 57.4 cm³/mol. The Hall–Kier alpha value is -0.770. The molecule has 0 fully saturated rings. The van der Waals surface area contributed by atoms with Crippen molar-refractivity contribution in [1.29, 1.82) is 0 Å². The van der Waals surface area contributed by atoms with Gasteiger partial charge in [0.25, 0.3) is 0 Å². The van der Waals surface area contributed by atoms with E-state index in [0.29, 0.717) is 6.54 Å². The van der Waals surface area contributed by atoms with Crippen LogP contribution < -0.4 is 10.6 Å². The molecular formula is C10H22N2O2. The van der Waals surface area contributed by atoms with Crippen LogP contribution in [-0.4, -0.2) is 31.8 Å². The minimum Gasteiger partial charge on any atom is -0.444 e. The molecule has 84 valence electrons. The van der Waals surface area contributed by atoms with Crippen LogP contribution in [0, 0.1) is 0 Å². The van der Waals surface area contributed by atoms with Crippen LogP contribution in [0.25, 0.3) is 0 Å². The van der Waals surface area contributed by atoms with Gasteiger partial charge in [-0.2, -0.15) is 0 Å². The Morgan fingerprint density at radius 1 is 1.21 bits per heavy atom. The van der Waals surface area contributed by atoms with E-state index in [0.717, 1.165) is 19.4 Å². The fourth-order valence-corrected chi connectivity index (χ4v) is 0.931. The molecule has 0 aromatic heterocycles. The molecule has 2 N–H and O–H groups in total. The molecule has 0 aliphatic rings. The van der Waals surface area contributed by atoms with Gasteiger partial charge in [0.1, 0.15) is 5.60 Å². The number of nitrogens with one attached hydrogen (secondary N) is 2. The largest absolute Gasteiger partial charge is 0.444 e. The summed E-state index contributed by atoms with van der Waals surface area (Å²) in [6, 6.07) is 0. The van der Waals surface area contributed by atoms with E-state index < -0.39 is 5.60 Å². The van der Waals surface area contributed by atoms with E-state index in [9.17, 15) is 4.79 Å². The lowest BCUT2D eigenvalue weighted by atomic mass is 10.2. The Bertz CT molecular complexity index is 164. The van der Waals surface area contributed by atoms with Crippen molar-refractivity contribution in [2.45, 2.75) is 39.2 Å². The van der Waals surface area contributed by atoms with Gasteiger partial charge in [-0.25, -0.2) is 4.79 Å². The third-order valence-corrected chi connectivity index (χ3v) is 1.52. The second-order valence-corrected chi connectivity index (χ2v) is 4.24. The van der Waals surface area contributed by atoms with Gasteiger partial charge in [0.05, 0.1) is 0 Å². The van der Waals surface area contributed by atoms with Gasteiger partial charge in [-0.1, -0.05) is 0 Å². The molecule has 0 saturated heterocycles. The van der Waals surface area contributed by atoms with Crippen molar-refractivity contribution < 1.29 is 9.53 Å². The maximum atomic E-state index is 11.1. The van der Waals surface area contributed by atoms with Crippen LogP contribution in [0.1, 0.15) is 33.6 Å². The second kappa shape index (κ2) is 6.65. The van der Waals surface area contributed by atoms with Crippen LogP contribution >= 0.6 is 0 Å². The molecule has 1 amide bonds. The second-order valence-electron chi connectivity index (χ2n) is 4.24. The van der Waals surface area contributed by atoms with Crippen molar-refractivity contribution in [3.8, 4) is 0 Å². The smallest absolute Gasteiger partial charge is 0.407 e. The number of ether oxygens (including phenoxy) is 1. The Labute approximate surface area is 86.4 Å². The number of carbonyl (C=O) groups excluding carboxylic acids is 1. The highest BCUT2D eigenvalue weighted by Gasteiger charge is 2.15. The molecular weight excluding hydrogens is 180 g/mol. The van der Waals surface area contributed by atoms with Crippen molar-refractivity contribution >= 4 is 6.09 Å². The maximum Gasteiger partial charge on any atom is 0.407 e. The summed E-state index contributed by atoms with van der Waals surface area (Å²) in [7, 11) is 1.92. The predicted octanol–water partition coefficient (Wildman–Crippen LogP) is 1.51. The summed E-state index contributed by atoms with van der Waals surface area (Å²) in [5.74, 6) is 0. The number of alkyl carbamates (subject to hydrolysis) is 1. The molecule has 0 rings (SSSR count). The fraction of sp³-hybridized carbons (Fsp3) is 0.900. The van der Waals surface area contributed by atoms with Crippen molar-refractivity contribution in [2.24, 2.45) is 0 Å². The van der Waals surface area contributed by atoms with Gasteiger partial charge in [-0.3, -0.25) is 0 Å². The monoisotopic (exact) mass is 202 g/mol. The van der Waals surface area contributed by atoms with E-state index in [1.807, 2.05) is 27.8 Å². The molecule has 0 heterocycles. The van der Waals surface area contributed by atoms with Crippen molar-refractivity contribution in [2.75, 3.05) is 20.1 Å². The fourth-order valence-electron chi connectivity index (χ4n) is 0.931. The Morgan fingerprint density at radius 3 is 2.29 bits per heavy atom. The molecule has 4 nitrogen and oxygen atoms in total. The van der Waals surface area contributed by atoms with E-state index >= 15 is 0 Å². The first-order chi connectivity index (χ1) is 6.45. The van der Waals surface area contributed by atoms with Crippen LogP contribution in [0.4, 0.5) is 4.79 Å². The number of rotatable bonds is 5. The van der Waals surface area contributed by atoms with Gasteiger partial charge in [-0.15, -0.1) is 0 Å². The zero-order valence-electron chi connectivity index (χ0n) is 9.64. The van der Waals surface area contributed by atoms with Crippen LogP contribution in [0.2, 0.25) is 0 Å². The molecule has 0 spiro atoms. The first-order valence-corrected chi connectivity index (χ1v) is 5.07. The van der Waals surface area contributed by atoms with E-state index in [2.05, 4.69) is 10.6 Å². The summed E-state index contributed by atoms with van der Waals surface area (Å²) >= 11 is 0. The Balaban J connectivity index is 3.36. The van der Waals surface area contributed by atoms with Crippen LogP contribution in [0.15, 0.2) is 0 Å². The minimum atomic E-state index is -0.408. The third-order valence-electron chi connectivity index (χ3n) is 1.52. The number of hydrogen-bond acceptors (Lipinski definition) is 3. The van der Waals surface area contributed by atoms with Crippen molar-refractivity contribution in [1.82, 2.24) is 10.6 Å². The molecule has 14 heavy (non-hydrogen) atoms. The zero-order chi connectivity index (χ0) is 11.0. The average molecular weight is 202 g/mol. The molecule has 0 aromatic carbocycles. The third kappa shape index (κ3) is 9.32. The van der Waals surface area contributed by atoms with E-state index in [1.54, 1.807) is 0 Å². The molecule has 4 heteroatoms. The summed E-state index contributed by atoms with van der Waals surface area (Å²) in [5, 5.41) is 5.76. The lowest BCUT2D eigenvalue weighted by Crippen LogP contribution is -2.33. The Kier molecular flexibility index (Phi) is 6.28. The molecule has 0 bridgehead atoms. The minimum absolute atomic E-state index is 0.332. The molecule has 0 atom stereocenters. The summed E-state index contributed by atoms with van der Waals surface area (Å²) in [6.45, 7) is 7.22. The van der Waals surface area contributed by atoms with Crippen molar-refractivity contribution in [3.05, 3.63) is 0 Å². The topological polar surface area (TPSA) is 50.4 Å². The highest BCUT2D eigenvalue weighted by Crippen LogP contribution is 2.06. The van der Waals surface area contributed by atoms with Gasteiger partial charge < -0.3 is 15.4 Å². The SMILES string of the molecule is CNCCCCNC(=O)OC(C)(C)C. The number of unbranched alkanes of at least 4 members (excludes halogenated alkanes) is 1. The summed E-state index contributed by atoms with van der Waals surface area (Å²) in [5.41, 5.74) is -0.408. The zero-order valence-corrected chi connectivity index (χ0v) is 9.64. The van der Waals surface area contributed by atoms with Gasteiger partial charge in [0, 0.05) is 6.54 Å². The van der Waals surface area contributed by atoms with Gasteiger partial charge in [-0.05, 0) is 47.2 Å². The quantitative estimate of drug-likeness (QED) is 0.664. The Morgan fingerprint density at radius 2 is 1.79 bits per heavy atom. The van der Waals surface area contributed by atoms with Gasteiger partial charge >= 0.3 is 6.09 Å². The van der Waals surface area contributed by atoms with E-state index in [4.69, 9.17) is 4.74 Å². The summed E-state index contributed by atoms with van der Waals surface area (Å²) < 4.78 is 5.08. The average Bonchev–Trinajstić information content (AvgIpc) is 2.00. The molecule has 0 aliphatic heterocycles. The molecule has 0 saturated carbocycles. The van der Waals surface area contributed by atoms with Crippen molar-refractivity contribution in [3.63, 3.8) is 0 Å². The lowest BCUT2D eigenvalue weighted by Gasteiger charge is -2.19. The standard InChI is InChI=1S/C10H22N2O2/c1-10(2,3)14-9(13)12-8-6-5-7-11-4/h11H,5-8H2,1-4H3,(H,12,13). The molecule has 0 aromatic rings. The highest BCUT2D eigenvalue weighted by molar-refractivity contribution is 5.67. The van der Waals surface area contributed by atoms with Crippen LogP contribution in [-0.2, 0) is 4.74 Å². The highest BCUT2D eigenvalue weighted by atomic mass is 16.6. The summed E-state index contributed by atoms with van der Waals surface area (Å²) in [4.78, 5) is 11.1. The normalized spacial score (nSPS) is 11.1. The number of hydrogen-bond donors (Lipinski definition) is 2. The lowest BCUT2D eigenvalue weighted by molar-refractivity contribution is 0.0527. The molecule has 0 unspecified atom stereocenters. The van der Waals surface area contributed by atoms with Crippen LogP contribution in [0.3, 0.4) is 0 Å². The number of amides is 1.